The fraction of sp³-hybridized carbons (Fsp3) is 0.400. The number of rotatable bonds is 5. The Balaban J connectivity index is 1.48. The van der Waals surface area contributed by atoms with Gasteiger partial charge in [0.1, 0.15) is 28.9 Å². The van der Waals surface area contributed by atoms with Crippen molar-refractivity contribution in [2.75, 3.05) is 25.5 Å². The summed E-state index contributed by atoms with van der Waals surface area (Å²) in [6.07, 6.45) is -0.498. The van der Waals surface area contributed by atoms with Gasteiger partial charge >= 0.3 is 18.2 Å². The summed E-state index contributed by atoms with van der Waals surface area (Å²) in [4.78, 5) is 41.4. The van der Waals surface area contributed by atoms with Gasteiger partial charge in [-0.3, -0.25) is 4.79 Å². The second-order valence-corrected chi connectivity index (χ2v) is 10.8. The molecule has 0 atom stereocenters. The molecule has 43 heavy (non-hydrogen) atoms. The summed E-state index contributed by atoms with van der Waals surface area (Å²) < 4.78 is 51.2. The molecule has 0 unspecified atom stereocenters. The molecule has 1 fully saturated rings. The minimum Gasteiger partial charge on any atom is -0.469 e. The largest absolute Gasteiger partial charge is 0.469 e. The van der Waals surface area contributed by atoms with E-state index in [2.05, 4.69) is 41.8 Å². The van der Waals surface area contributed by atoms with E-state index in [-0.39, 0.29) is 30.1 Å². The number of anilines is 2. The van der Waals surface area contributed by atoms with E-state index in [1.54, 1.807) is 17.0 Å². The summed E-state index contributed by atoms with van der Waals surface area (Å²) in [6.45, 7) is 6.68. The van der Waals surface area contributed by atoms with Crippen LogP contribution in [0.1, 0.15) is 67.6 Å². The van der Waals surface area contributed by atoms with Crippen LogP contribution in [0, 0.1) is 11.8 Å². The van der Waals surface area contributed by atoms with Gasteiger partial charge in [-0.15, -0.1) is 0 Å². The number of amides is 1. The van der Waals surface area contributed by atoms with Crippen LogP contribution >= 0.6 is 0 Å². The summed E-state index contributed by atoms with van der Waals surface area (Å²) in [5, 5.41) is 2.93. The Morgan fingerprint density at radius 1 is 1.02 bits per heavy atom. The van der Waals surface area contributed by atoms with E-state index in [0.29, 0.717) is 30.5 Å². The monoisotopic (exact) mass is 596 g/mol. The molecule has 3 heterocycles. The number of halogens is 3. The Hall–Kier alpha value is -4.73. The Morgan fingerprint density at radius 2 is 1.70 bits per heavy atom. The Kier molecular flexibility index (Phi) is 9.48. The Morgan fingerprint density at radius 3 is 2.33 bits per heavy atom. The second kappa shape index (κ2) is 13.1. The van der Waals surface area contributed by atoms with Crippen LogP contribution in [0.15, 0.2) is 43.0 Å². The van der Waals surface area contributed by atoms with Crippen LogP contribution < -0.4 is 5.32 Å². The maximum atomic E-state index is 13.7. The molecule has 3 aromatic rings. The van der Waals surface area contributed by atoms with E-state index in [9.17, 15) is 22.8 Å². The maximum absolute atomic E-state index is 13.7. The average Bonchev–Trinajstić information content (AvgIpc) is 2.96. The molecule has 226 valence electrons. The van der Waals surface area contributed by atoms with Gasteiger partial charge in [0.2, 0.25) is 5.95 Å². The van der Waals surface area contributed by atoms with Crippen LogP contribution in [0.2, 0.25) is 0 Å². The van der Waals surface area contributed by atoms with Crippen molar-refractivity contribution in [1.29, 1.82) is 0 Å². The minimum absolute atomic E-state index is 0.0757. The third-order valence-electron chi connectivity index (χ3n) is 6.53. The number of carbonyl (C=O) groups excluding carboxylic acids is 2. The zero-order valence-electron chi connectivity index (χ0n) is 24.2. The highest BCUT2D eigenvalue weighted by molar-refractivity contribution is 5.73. The van der Waals surface area contributed by atoms with Gasteiger partial charge in [-0.1, -0.05) is 12.1 Å². The van der Waals surface area contributed by atoms with Crippen molar-refractivity contribution in [3.63, 3.8) is 0 Å². The third-order valence-corrected chi connectivity index (χ3v) is 6.53. The number of esters is 1. The number of nitrogens with zero attached hydrogens (tertiary/aromatic N) is 5. The standard InChI is InChI=1S/C30H31F3N6O4/c1-29(2,3)43-28(41)39-13-11-20(12-14-39)19-5-7-22(8-6-19)37-27-35-17-23(30(31,32)33)25(38-27)10-9-24-21(15-26(40)42-4)16-34-18-36-24/h5-8,16-18,20H,11-15H2,1-4H3,(H,35,37,38). The van der Waals surface area contributed by atoms with Crippen molar-refractivity contribution < 1.29 is 32.2 Å². The van der Waals surface area contributed by atoms with Crippen molar-refractivity contribution in [1.82, 2.24) is 24.8 Å². The lowest BCUT2D eigenvalue weighted by Crippen LogP contribution is -2.41. The molecule has 2 aromatic heterocycles. The first-order valence-electron chi connectivity index (χ1n) is 13.5. The number of hydrogen-bond acceptors (Lipinski definition) is 9. The first kappa shape index (κ1) is 31.2. The molecule has 0 spiro atoms. The van der Waals surface area contributed by atoms with E-state index in [1.807, 2.05) is 32.9 Å². The van der Waals surface area contributed by atoms with Gasteiger partial charge in [-0.25, -0.2) is 24.7 Å². The number of carbonyl (C=O) groups is 2. The van der Waals surface area contributed by atoms with Gasteiger partial charge in [-0.2, -0.15) is 13.2 Å². The van der Waals surface area contributed by atoms with Crippen molar-refractivity contribution >= 4 is 23.7 Å². The van der Waals surface area contributed by atoms with E-state index in [1.165, 1.54) is 19.6 Å². The van der Waals surface area contributed by atoms with Gasteiger partial charge < -0.3 is 19.7 Å². The number of methoxy groups -OCH3 is 1. The van der Waals surface area contributed by atoms with Gasteiger partial charge in [0.25, 0.3) is 0 Å². The number of ether oxygens (including phenoxy) is 2. The Bertz CT molecular complexity index is 1520. The van der Waals surface area contributed by atoms with Gasteiger partial charge in [0.05, 0.1) is 13.5 Å². The number of aromatic nitrogens is 4. The van der Waals surface area contributed by atoms with Crippen LogP contribution in [0.25, 0.3) is 0 Å². The van der Waals surface area contributed by atoms with E-state index in [4.69, 9.17) is 4.74 Å². The molecule has 1 aromatic carbocycles. The van der Waals surface area contributed by atoms with Crippen molar-refractivity contribution in [3.8, 4) is 11.8 Å². The molecule has 1 saturated heterocycles. The number of likely N-dealkylation sites (tertiary alicyclic amines) is 1. The topological polar surface area (TPSA) is 119 Å². The van der Waals surface area contributed by atoms with Crippen LogP contribution in [0.4, 0.5) is 29.6 Å². The molecule has 13 heteroatoms. The van der Waals surface area contributed by atoms with E-state index >= 15 is 0 Å². The van der Waals surface area contributed by atoms with Crippen molar-refractivity contribution in [3.05, 3.63) is 71.1 Å². The molecule has 0 bridgehead atoms. The average molecular weight is 597 g/mol. The van der Waals surface area contributed by atoms with Gasteiger partial charge in [0.15, 0.2) is 0 Å². The van der Waals surface area contributed by atoms with Gasteiger partial charge in [-0.05, 0) is 69.1 Å². The molecule has 4 rings (SSSR count). The fourth-order valence-corrected chi connectivity index (χ4v) is 4.38. The molecular weight excluding hydrogens is 565 g/mol. The zero-order valence-corrected chi connectivity index (χ0v) is 24.2. The van der Waals surface area contributed by atoms with E-state index < -0.39 is 29.0 Å². The summed E-state index contributed by atoms with van der Waals surface area (Å²) in [6, 6.07) is 7.45. The summed E-state index contributed by atoms with van der Waals surface area (Å²) >= 11 is 0. The summed E-state index contributed by atoms with van der Waals surface area (Å²) in [5.74, 6) is 4.60. The molecule has 0 aliphatic carbocycles. The maximum Gasteiger partial charge on any atom is 0.420 e. The third kappa shape index (κ3) is 8.64. The molecule has 0 radical (unpaired) electrons. The normalized spacial score (nSPS) is 14.0. The number of piperidine rings is 1. The highest BCUT2D eigenvalue weighted by Crippen LogP contribution is 2.32. The fourth-order valence-electron chi connectivity index (χ4n) is 4.38. The zero-order chi connectivity index (χ0) is 31.2. The van der Waals surface area contributed by atoms with Crippen LogP contribution in [0.5, 0.6) is 0 Å². The lowest BCUT2D eigenvalue weighted by atomic mass is 9.89. The molecule has 10 nitrogen and oxygen atoms in total. The second-order valence-electron chi connectivity index (χ2n) is 10.8. The highest BCUT2D eigenvalue weighted by atomic mass is 19.4. The highest BCUT2D eigenvalue weighted by Gasteiger charge is 2.35. The van der Waals surface area contributed by atoms with E-state index in [0.717, 1.165) is 18.4 Å². The molecule has 1 aliphatic rings. The molecule has 1 N–H and O–H groups in total. The van der Waals surface area contributed by atoms with Crippen molar-refractivity contribution in [2.24, 2.45) is 0 Å². The van der Waals surface area contributed by atoms with Crippen LogP contribution in [-0.2, 0) is 26.9 Å². The lowest BCUT2D eigenvalue weighted by molar-refractivity contribution is -0.140. The molecular formula is C30H31F3N6O4. The first-order valence-corrected chi connectivity index (χ1v) is 13.5. The molecule has 1 amide bonds. The smallest absolute Gasteiger partial charge is 0.420 e. The SMILES string of the molecule is COC(=O)Cc1cncnc1C#Cc1nc(Nc2ccc(C3CCN(C(=O)OC(C)(C)C)CC3)cc2)ncc1C(F)(F)F. The molecule has 1 aliphatic heterocycles. The predicted molar refractivity (Wildman–Crippen MR) is 150 cm³/mol. The minimum atomic E-state index is -4.75. The molecule has 0 saturated carbocycles. The van der Waals surface area contributed by atoms with Crippen LogP contribution in [0.3, 0.4) is 0 Å². The summed E-state index contributed by atoms with van der Waals surface area (Å²) in [5.41, 5.74) is -0.171. The quantitative estimate of drug-likeness (QED) is 0.311. The predicted octanol–water partition coefficient (Wildman–Crippen LogP) is 5.26. The lowest BCUT2D eigenvalue weighted by Gasteiger charge is -2.33. The van der Waals surface area contributed by atoms with Crippen LogP contribution in [-0.4, -0.2) is 62.7 Å². The first-order chi connectivity index (χ1) is 20.3. The Labute approximate surface area is 247 Å². The van der Waals surface area contributed by atoms with Gasteiger partial charge in [0, 0.05) is 36.7 Å². The number of nitrogens with one attached hydrogen (secondary N) is 1. The summed E-state index contributed by atoms with van der Waals surface area (Å²) in [7, 11) is 1.22. The number of benzene rings is 1. The van der Waals surface area contributed by atoms with Crippen molar-refractivity contribution in [2.45, 2.75) is 57.7 Å². The number of hydrogen-bond donors (Lipinski definition) is 1. The number of alkyl halides is 3.